The standard InChI is InChI=1S/C17H27N5O.2ClH/c1-17(18)9-3-2-7-14(17)16(23)19-12-13-6-5-11-22(13)15-8-4-10-20-21-15;;/h4,8,10,13-14H,2-3,5-7,9,11-12,18H2,1H3,(H,19,23);2*1H. The number of carbonyl (C=O) groups excluding carboxylic acids is 1. The maximum atomic E-state index is 12.6. The molecule has 3 rings (SSSR count). The molecule has 2 fully saturated rings. The first-order chi connectivity index (χ1) is 11.1. The van der Waals surface area contributed by atoms with E-state index in [1.54, 1.807) is 6.20 Å². The van der Waals surface area contributed by atoms with Crippen molar-refractivity contribution < 1.29 is 4.79 Å². The predicted octanol–water partition coefficient (Wildman–Crippen LogP) is 2.31. The van der Waals surface area contributed by atoms with Crippen molar-refractivity contribution in [1.82, 2.24) is 15.5 Å². The topological polar surface area (TPSA) is 84.1 Å². The van der Waals surface area contributed by atoms with Gasteiger partial charge in [0.25, 0.3) is 0 Å². The lowest BCUT2D eigenvalue weighted by Crippen LogP contribution is -2.54. The van der Waals surface area contributed by atoms with Crippen molar-refractivity contribution in [3.05, 3.63) is 18.3 Å². The molecule has 0 radical (unpaired) electrons. The molecule has 1 saturated carbocycles. The fourth-order valence-electron chi connectivity index (χ4n) is 3.93. The van der Waals surface area contributed by atoms with Gasteiger partial charge in [0.1, 0.15) is 0 Å². The molecule has 25 heavy (non-hydrogen) atoms. The zero-order chi connectivity index (χ0) is 16.3. The highest BCUT2D eigenvalue weighted by Gasteiger charge is 2.38. The number of nitrogens with zero attached hydrogens (tertiary/aromatic N) is 3. The van der Waals surface area contributed by atoms with Crippen LogP contribution in [-0.4, -0.2) is 40.8 Å². The van der Waals surface area contributed by atoms with E-state index >= 15 is 0 Å². The summed E-state index contributed by atoms with van der Waals surface area (Å²) < 4.78 is 0. The summed E-state index contributed by atoms with van der Waals surface area (Å²) in [4.78, 5) is 14.8. The third-order valence-electron chi connectivity index (χ3n) is 5.31. The second-order valence-corrected chi connectivity index (χ2v) is 7.12. The second kappa shape index (κ2) is 9.55. The van der Waals surface area contributed by atoms with Gasteiger partial charge >= 0.3 is 0 Å². The number of amides is 1. The van der Waals surface area contributed by atoms with Crippen molar-refractivity contribution in [1.29, 1.82) is 0 Å². The van der Waals surface area contributed by atoms with E-state index in [0.717, 1.165) is 50.9 Å². The summed E-state index contributed by atoms with van der Waals surface area (Å²) in [6, 6.07) is 4.17. The zero-order valence-electron chi connectivity index (χ0n) is 14.7. The Morgan fingerprint density at radius 1 is 1.36 bits per heavy atom. The monoisotopic (exact) mass is 389 g/mol. The second-order valence-electron chi connectivity index (χ2n) is 7.12. The van der Waals surface area contributed by atoms with Gasteiger partial charge in [0, 0.05) is 30.9 Å². The number of anilines is 1. The molecule has 3 unspecified atom stereocenters. The van der Waals surface area contributed by atoms with Gasteiger partial charge in [-0.1, -0.05) is 12.8 Å². The van der Waals surface area contributed by atoms with Gasteiger partial charge in [0.2, 0.25) is 5.91 Å². The van der Waals surface area contributed by atoms with Crippen LogP contribution in [0.15, 0.2) is 18.3 Å². The summed E-state index contributed by atoms with van der Waals surface area (Å²) >= 11 is 0. The van der Waals surface area contributed by atoms with Gasteiger partial charge in [-0.2, -0.15) is 5.10 Å². The van der Waals surface area contributed by atoms with Crippen molar-refractivity contribution >= 4 is 36.5 Å². The van der Waals surface area contributed by atoms with Gasteiger partial charge in [-0.15, -0.1) is 29.9 Å². The van der Waals surface area contributed by atoms with Crippen LogP contribution in [0.3, 0.4) is 0 Å². The van der Waals surface area contributed by atoms with Crippen LogP contribution in [0.4, 0.5) is 5.82 Å². The summed E-state index contributed by atoms with van der Waals surface area (Å²) in [5.74, 6) is 0.939. The Balaban J connectivity index is 0.00000156. The Hall–Kier alpha value is -1.11. The first-order valence-electron chi connectivity index (χ1n) is 8.69. The van der Waals surface area contributed by atoms with Crippen molar-refractivity contribution in [3.8, 4) is 0 Å². The van der Waals surface area contributed by atoms with E-state index in [4.69, 9.17) is 5.73 Å². The van der Waals surface area contributed by atoms with Gasteiger partial charge in [0.15, 0.2) is 5.82 Å². The van der Waals surface area contributed by atoms with Crippen LogP contribution in [-0.2, 0) is 4.79 Å². The maximum Gasteiger partial charge on any atom is 0.225 e. The number of hydrogen-bond donors (Lipinski definition) is 2. The third-order valence-corrected chi connectivity index (χ3v) is 5.31. The highest BCUT2D eigenvalue weighted by Crippen LogP contribution is 2.31. The van der Waals surface area contributed by atoms with Crippen LogP contribution in [0.5, 0.6) is 0 Å². The fraction of sp³-hybridized carbons (Fsp3) is 0.706. The van der Waals surface area contributed by atoms with Gasteiger partial charge in [-0.05, 0) is 44.7 Å². The number of rotatable bonds is 4. The van der Waals surface area contributed by atoms with Gasteiger partial charge in [-0.3, -0.25) is 4.79 Å². The molecule has 1 saturated heterocycles. The molecule has 142 valence electrons. The predicted molar refractivity (Wildman–Crippen MR) is 104 cm³/mol. The summed E-state index contributed by atoms with van der Waals surface area (Å²) in [7, 11) is 0. The number of aromatic nitrogens is 2. The first kappa shape index (κ1) is 21.9. The minimum atomic E-state index is -0.372. The molecule has 6 nitrogen and oxygen atoms in total. The van der Waals surface area contributed by atoms with Crippen LogP contribution in [0, 0.1) is 5.92 Å². The van der Waals surface area contributed by atoms with Crippen molar-refractivity contribution in [2.45, 2.75) is 57.0 Å². The number of nitrogens with two attached hydrogens (primary N) is 1. The Morgan fingerprint density at radius 2 is 2.16 bits per heavy atom. The summed E-state index contributed by atoms with van der Waals surface area (Å²) in [5.41, 5.74) is 5.96. The van der Waals surface area contributed by atoms with E-state index in [2.05, 4.69) is 20.4 Å². The van der Waals surface area contributed by atoms with Gasteiger partial charge < -0.3 is 16.0 Å². The molecule has 0 spiro atoms. The Labute approximate surface area is 162 Å². The molecule has 1 amide bonds. The SMILES string of the molecule is CC1(N)CCCCC1C(=O)NCC1CCCN1c1cccnn1.Cl.Cl. The largest absolute Gasteiger partial charge is 0.354 e. The number of hydrogen-bond acceptors (Lipinski definition) is 5. The summed E-state index contributed by atoms with van der Waals surface area (Å²) in [6.45, 7) is 3.64. The number of carbonyl (C=O) groups is 1. The molecule has 0 aromatic carbocycles. The highest BCUT2D eigenvalue weighted by atomic mass is 35.5. The molecule has 2 aliphatic rings. The lowest BCUT2D eigenvalue weighted by Gasteiger charge is -2.37. The van der Waals surface area contributed by atoms with Crippen LogP contribution in [0.1, 0.15) is 45.4 Å². The van der Waals surface area contributed by atoms with Crippen LogP contribution in [0.2, 0.25) is 0 Å². The van der Waals surface area contributed by atoms with E-state index in [0.29, 0.717) is 12.6 Å². The number of halogens is 2. The van der Waals surface area contributed by atoms with Crippen molar-refractivity contribution in [2.24, 2.45) is 11.7 Å². The Morgan fingerprint density at radius 3 is 2.84 bits per heavy atom. The maximum absolute atomic E-state index is 12.6. The van der Waals surface area contributed by atoms with Crippen molar-refractivity contribution in [2.75, 3.05) is 18.0 Å². The van der Waals surface area contributed by atoms with E-state index < -0.39 is 0 Å². The molecule has 8 heteroatoms. The molecular weight excluding hydrogens is 361 g/mol. The minimum absolute atomic E-state index is 0. The molecule has 1 aliphatic carbocycles. The smallest absolute Gasteiger partial charge is 0.225 e. The lowest BCUT2D eigenvalue weighted by atomic mass is 9.74. The minimum Gasteiger partial charge on any atom is -0.354 e. The van der Waals surface area contributed by atoms with E-state index in [9.17, 15) is 4.79 Å². The summed E-state index contributed by atoms with van der Waals surface area (Å²) in [5, 5.41) is 11.3. The molecule has 1 aliphatic heterocycles. The van der Waals surface area contributed by atoms with Gasteiger partial charge in [0.05, 0.1) is 5.92 Å². The lowest BCUT2D eigenvalue weighted by molar-refractivity contribution is -0.128. The zero-order valence-corrected chi connectivity index (χ0v) is 16.3. The van der Waals surface area contributed by atoms with Gasteiger partial charge in [-0.25, -0.2) is 0 Å². The normalized spacial score (nSPS) is 28.6. The molecule has 3 atom stereocenters. The average Bonchev–Trinajstić information content (AvgIpc) is 3.01. The Kier molecular flexibility index (Phi) is 8.38. The van der Waals surface area contributed by atoms with Crippen LogP contribution < -0.4 is 16.0 Å². The van der Waals surface area contributed by atoms with Crippen LogP contribution in [0.25, 0.3) is 0 Å². The van der Waals surface area contributed by atoms with E-state index in [-0.39, 0.29) is 42.2 Å². The third kappa shape index (κ3) is 5.19. The van der Waals surface area contributed by atoms with Crippen molar-refractivity contribution in [3.63, 3.8) is 0 Å². The first-order valence-corrected chi connectivity index (χ1v) is 8.69. The average molecular weight is 390 g/mol. The Bertz CT molecular complexity index is 543. The molecule has 2 heterocycles. The molecular formula is C17H29Cl2N5O. The van der Waals surface area contributed by atoms with E-state index in [1.807, 2.05) is 19.1 Å². The molecule has 0 bridgehead atoms. The van der Waals surface area contributed by atoms with E-state index in [1.165, 1.54) is 0 Å². The fourth-order valence-corrected chi connectivity index (χ4v) is 3.93. The highest BCUT2D eigenvalue weighted by molar-refractivity contribution is 5.85. The molecule has 1 aromatic rings. The summed E-state index contributed by atoms with van der Waals surface area (Å²) in [6.07, 6.45) is 7.93. The number of nitrogens with one attached hydrogen (secondary N) is 1. The van der Waals surface area contributed by atoms with Crippen LogP contribution >= 0.6 is 24.8 Å². The quantitative estimate of drug-likeness (QED) is 0.824. The molecule has 3 N–H and O–H groups in total. The molecule has 1 aromatic heterocycles.